The molecular weight excluding hydrogens is 374 g/mol. The molecule has 2 aromatic carbocycles. The summed E-state index contributed by atoms with van der Waals surface area (Å²) in [6, 6.07) is 13.0. The van der Waals surface area contributed by atoms with Gasteiger partial charge in [0.05, 0.1) is 5.69 Å². The number of aromatic nitrogens is 4. The molecule has 1 aliphatic rings. The zero-order chi connectivity index (χ0) is 20.1. The van der Waals surface area contributed by atoms with Gasteiger partial charge in [0.1, 0.15) is 25.3 Å². The van der Waals surface area contributed by atoms with Crippen LogP contribution in [-0.4, -0.2) is 57.4 Å². The molecule has 1 aromatic heterocycles. The topological polar surface area (TPSA) is 91.6 Å². The molecule has 0 aliphatic carbocycles. The summed E-state index contributed by atoms with van der Waals surface area (Å²) in [6.45, 7) is 4.01. The number of hydrogen-bond acceptors (Lipinski definition) is 7. The van der Waals surface area contributed by atoms with Gasteiger partial charge in [-0.2, -0.15) is 0 Å². The van der Waals surface area contributed by atoms with Gasteiger partial charge in [-0.1, -0.05) is 12.1 Å². The lowest BCUT2D eigenvalue weighted by Gasteiger charge is -2.23. The average Bonchev–Trinajstić information content (AvgIpc) is 3.31. The van der Waals surface area contributed by atoms with E-state index in [4.69, 9.17) is 14.2 Å². The minimum Gasteiger partial charge on any atom is -0.486 e. The third-order valence-electron chi connectivity index (χ3n) is 4.51. The second kappa shape index (κ2) is 8.59. The summed E-state index contributed by atoms with van der Waals surface area (Å²) in [5, 5.41) is 11.1. The first-order valence-electron chi connectivity index (χ1n) is 9.35. The highest BCUT2D eigenvalue weighted by Crippen LogP contribution is 2.31. The maximum absolute atomic E-state index is 12.7. The van der Waals surface area contributed by atoms with E-state index in [1.165, 1.54) is 11.0 Å². The van der Waals surface area contributed by atoms with Crippen molar-refractivity contribution < 1.29 is 19.0 Å². The van der Waals surface area contributed by atoms with Crippen molar-refractivity contribution in [2.45, 2.75) is 13.5 Å². The Bertz CT molecular complexity index is 977. The van der Waals surface area contributed by atoms with Crippen LogP contribution in [0, 0.1) is 0 Å². The molecule has 0 N–H and O–H groups in total. The van der Waals surface area contributed by atoms with Crippen LogP contribution in [0.1, 0.15) is 12.5 Å². The van der Waals surface area contributed by atoms with Crippen molar-refractivity contribution in [3.63, 3.8) is 0 Å². The van der Waals surface area contributed by atoms with Crippen molar-refractivity contribution in [1.82, 2.24) is 25.1 Å². The number of nitrogens with zero attached hydrogens (tertiary/aromatic N) is 5. The van der Waals surface area contributed by atoms with Gasteiger partial charge in [0.15, 0.2) is 18.1 Å². The minimum atomic E-state index is -0.102. The molecule has 4 rings (SSSR count). The maximum Gasteiger partial charge on any atom is 0.260 e. The SMILES string of the molecule is CCN(Cc1ccc2c(c1)OCCO2)C(=O)COc1cccc(-n2cnnn2)c1. The van der Waals surface area contributed by atoms with Crippen LogP contribution in [0.3, 0.4) is 0 Å². The molecule has 29 heavy (non-hydrogen) atoms. The molecule has 9 nitrogen and oxygen atoms in total. The number of ether oxygens (including phenoxy) is 3. The predicted molar refractivity (Wildman–Crippen MR) is 103 cm³/mol. The van der Waals surface area contributed by atoms with E-state index in [1.807, 2.05) is 37.3 Å². The van der Waals surface area contributed by atoms with E-state index in [0.717, 1.165) is 17.0 Å². The van der Waals surface area contributed by atoms with Gasteiger partial charge in [0.2, 0.25) is 0 Å². The predicted octanol–water partition coefficient (Wildman–Crippen LogP) is 1.86. The second-order valence-corrected chi connectivity index (χ2v) is 6.43. The van der Waals surface area contributed by atoms with Gasteiger partial charge in [-0.05, 0) is 47.2 Å². The number of hydrogen-bond donors (Lipinski definition) is 0. The molecule has 1 amide bonds. The number of amides is 1. The zero-order valence-corrected chi connectivity index (χ0v) is 16.0. The van der Waals surface area contributed by atoms with Crippen molar-refractivity contribution >= 4 is 5.91 Å². The molecule has 0 saturated carbocycles. The third kappa shape index (κ3) is 4.45. The second-order valence-electron chi connectivity index (χ2n) is 6.43. The van der Waals surface area contributed by atoms with Crippen molar-refractivity contribution in [2.75, 3.05) is 26.4 Å². The van der Waals surface area contributed by atoms with E-state index < -0.39 is 0 Å². The fourth-order valence-corrected chi connectivity index (χ4v) is 3.01. The smallest absolute Gasteiger partial charge is 0.260 e. The van der Waals surface area contributed by atoms with Crippen molar-refractivity contribution in [2.24, 2.45) is 0 Å². The quantitative estimate of drug-likeness (QED) is 0.603. The molecule has 0 saturated heterocycles. The number of fused-ring (bicyclic) bond motifs is 1. The Hall–Kier alpha value is -3.62. The van der Waals surface area contributed by atoms with Crippen LogP contribution in [0.4, 0.5) is 0 Å². The first-order valence-corrected chi connectivity index (χ1v) is 9.35. The molecule has 3 aromatic rings. The minimum absolute atomic E-state index is 0.0581. The molecule has 0 bridgehead atoms. The van der Waals surface area contributed by atoms with Crippen LogP contribution < -0.4 is 14.2 Å². The molecular formula is C20H21N5O4. The van der Waals surface area contributed by atoms with Crippen LogP contribution in [-0.2, 0) is 11.3 Å². The van der Waals surface area contributed by atoms with Gasteiger partial charge in [0.25, 0.3) is 5.91 Å². The van der Waals surface area contributed by atoms with Gasteiger partial charge < -0.3 is 19.1 Å². The van der Waals surface area contributed by atoms with Crippen LogP contribution in [0.5, 0.6) is 17.2 Å². The number of tetrazole rings is 1. The molecule has 150 valence electrons. The van der Waals surface area contributed by atoms with Crippen LogP contribution in [0.25, 0.3) is 5.69 Å². The summed E-state index contributed by atoms with van der Waals surface area (Å²) in [7, 11) is 0. The third-order valence-corrected chi connectivity index (χ3v) is 4.51. The van der Waals surface area contributed by atoms with Crippen molar-refractivity contribution in [1.29, 1.82) is 0 Å². The van der Waals surface area contributed by atoms with Crippen LogP contribution >= 0.6 is 0 Å². The summed E-state index contributed by atoms with van der Waals surface area (Å²) in [5.74, 6) is 1.92. The average molecular weight is 395 g/mol. The lowest BCUT2D eigenvalue weighted by atomic mass is 10.1. The van der Waals surface area contributed by atoms with Crippen molar-refractivity contribution in [3.8, 4) is 22.9 Å². The highest BCUT2D eigenvalue weighted by atomic mass is 16.6. The van der Waals surface area contributed by atoms with E-state index in [2.05, 4.69) is 15.5 Å². The maximum atomic E-state index is 12.7. The molecule has 0 atom stereocenters. The largest absolute Gasteiger partial charge is 0.486 e. The summed E-state index contributed by atoms with van der Waals surface area (Å²) >= 11 is 0. The van der Waals surface area contributed by atoms with Crippen LogP contribution in [0.2, 0.25) is 0 Å². The number of carbonyl (C=O) groups excluding carboxylic acids is 1. The van der Waals surface area contributed by atoms with Gasteiger partial charge >= 0.3 is 0 Å². The highest BCUT2D eigenvalue weighted by molar-refractivity contribution is 5.77. The summed E-state index contributed by atoms with van der Waals surface area (Å²) < 4.78 is 18.4. The summed E-state index contributed by atoms with van der Waals surface area (Å²) in [5.41, 5.74) is 1.73. The molecule has 0 spiro atoms. The van der Waals surface area contributed by atoms with E-state index >= 15 is 0 Å². The summed E-state index contributed by atoms with van der Waals surface area (Å²) in [6.07, 6.45) is 1.50. The van der Waals surface area contributed by atoms with E-state index in [-0.39, 0.29) is 12.5 Å². The first-order chi connectivity index (χ1) is 14.2. The molecule has 0 unspecified atom stereocenters. The van der Waals surface area contributed by atoms with E-state index in [0.29, 0.717) is 37.8 Å². The fraction of sp³-hybridized carbons (Fsp3) is 0.300. The Labute approximate surface area is 167 Å². The van der Waals surface area contributed by atoms with Gasteiger partial charge in [-0.15, -0.1) is 5.10 Å². The number of likely N-dealkylation sites (N-methyl/N-ethyl adjacent to an activating group) is 1. The van der Waals surface area contributed by atoms with Crippen molar-refractivity contribution in [3.05, 3.63) is 54.4 Å². The molecule has 0 fully saturated rings. The molecule has 0 radical (unpaired) electrons. The number of benzene rings is 2. The standard InChI is InChI=1S/C20H21N5O4/c1-2-24(12-15-6-7-18-19(10-15)28-9-8-27-18)20(26)13-29-17-5-3-4-16(11-17)25-14-21-22-23-25/h3-7,10-11,14H,2,8-9,12-13H2,1H3. The Balaban J connectivity index is 1.37. The molecule has 9 heteroatoms. The van der Waals surface area contributed by atoms with Gasteiger partial charge in [-0.25, -0.2) is 4.68 Å². The Morgan fingerprint density at radius 1 is 1.17 bits per heavy atom. The van der Waals surface area contributed by atoms with Crippen LogP contribution in [0.15, 0.2) is 48.8 Å². The Kier molecular flexibility index (Phi) is 5.55. The summed E-state index contributed by atoms with van der Waals surface area (Å²) in [4.78, 5) is 14.4. The lowest BCUT2D eigenvalue weighted by Crippen LogP contribution is -2.34. The molecule has 1 aliphatic heterocycles. The zero-order valence-electron chi connectivity index (χ0n) is 16.0. The number of carbonyl (C=O) groups is 1. The first kappa shape index (κ1) is 18.7. The highest BCUT2D eigenvalue weighted by Gasteiger charge is 2.16. The Morgan fingerprint density at radius 3 is 2.83 bits per heavy atom. The Morgan fingerprint density at radius 2 is 2.03 bits per heavy atom. The lowest BCUT2D eigenvalue weighted by molar-refractivity contribution is -0.133. The monoisotopic (exact) mass is 395 g/mol. The van der Waals surface area contributed by atoms with Gasteiger partial charge in [-0.3, -0.25) is 4.79 Å². The molecule has 2 heterocycles. The van der Waals surface area contributed by atoms with E-state index in [1.54, 1.807) is 17.0 Å². The van der Waals surface area contributed by atoms with Gasteiger partial charge in [0, 0.05) is 19.2 Å². The normalized spacial score (nSPS) is 12.4. The van der Waals surface area contributed by atoms with E-state index in [9.17, 15) is 4.79 Å². The fourth-order valence-electron chi connectivity index (χ4n) is 3.01. The number of rotatable bonds is 7.